The Balaban J connectivity index is 1.83. The lowest BCUT2D eigenvalue weighted by Gasteiger charge is -2.31. The topological polar surface area (TPSA) is 0 Å². The first-order valence-corrected chi connectivity index (χ1v) is 10.3. The van der Waals surface area contributed by atoms with Crippen LogP contribution < -0.4 is 0 Å². The molecule has 4 rings (SSSR count). The zero-order valence-corrected chi connectivity index (χ0v) is 16.8. The van der Waals surface area contributed by atoms with E-state index in [-0.39, 0.29) is 10.8 Å². The van der Waals surface area contributed by atoms with E-state index < -0.39 is 0 Å². The van der Waals surface area contributed by atoms with Crippen molar-refractivity contribution >= 4 is 0 Å². The molecule has 1 aromatic carbocycles. The van der Waals surface area contributed by atoms with Crippen LogP contribution in [-0.2, 0) is 23.7 Å². The summed E-state index contributed by atoms with van der Waals surface area (Å²) in [6.07, 6.45) is 10.3. The second-order valence-corrected chi connectivity index (χ2v) is 11.2. The van der Waals surface area contributed by atoms with Gasteiger partial charge in [0.05, 0.1) is 0 Å². The molecule has 3 aliphatic rings. The maximum Gasteiger partial charge on any atom is -0.0129 e. The standard InChI is InChI=1S/C24H36/c1-22(2,3)20-10-11-21(23(4,5)6)18-15-24(14-17(18)20)13-12-16-8-7-9-19(16)24/h10-11,16,19H,7-9,12-15H2,1-6H3. The van der Waals surface area contributed by atoms with E-state index in [2.05, 4.69) is 53.7 Å². The Morgan fingerprint density at radius 3 is 1.83 bits per heavy atom. The van der Waals surface area contributed by atoms with Crippen molar-refractivity contribution in [3.63, 3.8) is 0 Å². The lowest BCUT2D eigenvalue weighted by Crippen LogP contribution is -2.27. The third-order valence-electron chi connectivity index (χ3n) is 7.56. The van der Waals surface area contributed by atoms with Crippen LogP contribution in [0.15, 0.2) is 12.1 Å². The van der Waals surface area contributed by atoms with Crippen molar-refractivity contribution < 1.29 is 0 Å². The molecule has 3 aliphatic carbocycles. The first-order valence-electron chi connectivity index (χ1n) is 10.3. The van der Waals surface area contributed by atoms with Crippen molar-refractivity contribution in [2.45, 2.75) is 97.3 Å². The summed E-state index contributed by atoms with van der Waals surface area (Å²) >= 11 is 0. The van der Waals surface area contributed by atoms with Gasteiger partial charge in [-0.05, 0) is 82.4 Å². The van der Waals surface area contributed by atoms with Gasteiger partial charge in [0.1, 0.15) is 0 Å². The molecule has 0 heteroatoms. The van der Waals surface area contributed by atoms with E-state index in [1.807, 2.05) is 0 Å². The van der Waals surface area contributed by atoms with Crippen molar-refractivity contribution in [2.75, 3.05) is 0 Å². The molecule has 2 saturated carbocycles. The largest absolute Gasteiger partial charge is 0.0579 e. The Kier molecular flexibility index (Phi) is 3.56. The summed E-state index contributed by atoms with van der Waals surface area (Å²) in [6.45, 7) is 14.4. The first kappa shape index (κ1) is 16.7. The summed E-state index contributed by atoms with van der Waals surface area (Å²) in [5.41, 5.74) is 7.90. The van der Waals surface area contributed by atoms with Crippen molar-refractivity contribution in [1.82, 2.24) is 0 Å². The molecule has 0 heterocycles. The smallest absolute Gasteiger partial charge is 0.0129 e. The molecule has 1 aromatic rings. The van der Waals surface area contributed by atoms with Crippen LogP contribution in [0.5, 0.6) is 0 Å². The SMILES string of the molecule is CC(C)(C)c1ccc(C(C)(C)C)c2c1CC1(CCC3CCCC31)C2. The Morgan fingerprint density at radius 1 is 0.792 bits per heavy atom. The van der Waals surface area contributed by atoms with Gasteiger partial charge in [-0.3, -0.25) is 0 Å². The molecule has 0 radical (unpaired) electrons. The Hall–Kier alpha value is -0.780. The zero-order valence-electron chi connectivity index (χ0n) is 16.8. The predicted molar refractivity (Wildman–Crippen MR) is 104 cm³/mol. The molecule has 0 saturated heterocycles. The van der Waals surface area contributed by atoms with Gasteiger partial charge in [-0.2, -0.15) is 0 Å². The minimum absolute atomic E-state index is 0.264. The van der Waals surface area contributed by atoms with E-state index in [0.29, 0.717) is 5.41 Å². The molecule has 0 nitrogen and oxygen atoms in total. The fourth-order valence-electron chi connectivity index (χ4n) is 6.55. The van der Waals surface area contributed by atoms with Gasteiger partial charge in [-0.15, -0.1) is 0 Å². The summed E-state index contributed by atoms with van der Waals surface area (Å²) in [7, 11) is 0. The number of benzene rings is 1. The summed E-state index contributed by atoms with van der Waals surface area (Å²) in [5.74, 6) is 2.07. The summed E-state index contributed by atoms with van der Waals surface area (Å²) < 4.78 is 0. The highest BCUT2D eigenvalue weighted by Crippen LogP contribution is 2.61. The average Bonchev–Trinajstić information content (AvgIpc) is 3.12. The third kappa shape index (κ3) is 2.39. The number of hydrogen-bond acceptors (Lipinski definition) is 0. The number of rotatable bonds is 0. The molecule has 0 bridgehead atoms. The summed E-state index contributed by atoms with van der Waals surface area (Å²) in [6, 6.07) is 4.94. The second kappa shape index (κ2) is 5.12. The van der Waals surface area contributed by atoms with E-state index in [0.717, 1.165) is 11.8 Å². The lowest BCUT2D eigenvalue weighted by molar-refractivity contribution is 0.197. The third-order valence-corrected chi connectivity index (χ3v) is 7.56. The molecule has 0 aromatic heterocycles. The van der Waals surface area contributed by atoms with E-state index in [9.17, 15) is 0 Å². The van der Waals surface area contributed by atoms with Gasteiger partial charge in [0.15, 0.2) is 0 Å². The fourth-order valence-corrected chi connectivity index (χ4v) is 6.55. The predicted octanol–water partition coefficient (Wildman–Crippen LogP) is 6.58. The molecular formula is C24H36. The normalized spacial score (nSPS) is 28.4. The van der Waals surface area contributed by atoms with Crippen LogP contribution >= 0.6 is 0 Å². The molecule has 132 valence electrons. The highest BCUT2D eigenvalue weighted by Gasteiger charge is 2.53. The second-order valence-electron chi connectivity index (χ2n) is 11.2. The highest BCUT2D eigenvalue weighted by molar-refractivity contribution is 5.51. The van der Waals surface area contributed by atoms with Gasteiger partial charge < -0.3 is 0 Å². The van der Waals surface area contributed by atoms with Crippen LogP contribution in [0, 0.1) is 17.3 Å². The zero-order chi connectivity index (χ0) is 17.3. The molecule has 0 N–H and O–H groups in total. The molecule has 2 unspecified atom stereocenters. The summed E-state index contributed by atoms with van der Waals surface area (Å²) in [4.78, 5) is 0. The molecule has 2 atom stereocenters. The van der Waals surface area contributed by atoms with Gasteiger partial charge in [0.2, 0.25) is 0 Å². The summed E-state index contributed by atoms with van der Waals surface area (Å²) in [5, 5.41) is 0. The van der Waals surface area contributed by atoms with Gasteiger partial charge in [0.25, 0.3) is 0 Å². The van der Waals surface area contributed by atoms with Crippen LogP contribution in [0.4, 0.5) is 0 Å². The molecule has 1 spiro atoms. The van der Waals surface area contributed by atoms with Crippen LogP contribution in [0.25, 0.3) is 0 Å². The van der Waals surface area contributed by atoms with E-state index >= 15 is 0 Å². The van der Waals surface area contributed by atoms with Crippen LogP contribution in [0.2, 0.25) is 0 Å². The molecule has 24 heavy (non-hydrogen) atoms. The van der Waals surface area contributed by atoms with Gasteiger partial charge >= 0.3 is 0 Å². The lowest BCUT2D eigenvalue weighted by atomic mass is 9.73. The Labute approximate surface area is 149 Å². The van der Waals surface area contributed by atoms with Gasteiger partial charge in [-0.1, -0.05) is 66.5 Å². The molecular weight excluding hydrogens is 288 g/mol. The Bertz CT molecular complexity index is 607. The number of hydrogen-bond donors (Lipinski definition) is 0. The minimum Gasteiger partial charge on any atom is -0.0579 e. The minimum atomic E-state index is 0.264. The molecule has 0 aliphatic heterocycles. The number of fused-ring (bicyclic) bond motifs is 3. The van der Waals surface area contributed by atoms with E-state index in [1.54, 1.807) is 22.3 Å². The quantitative estimate of drug-likeness (QED) is 0.506. The van der Waals surface area contributed by atoms with Crippen LogP contribution in [0.1, 0.15) is 95.9 Å². The Morgan fingerprint density at radius 2 is 1.33 bits per heavy atom. The molecule has 0 amide bonds. The van der Waals surface area contributed by atoms with Crippen LogP contribution in [0.3, 0.4) is 0 Å². The van der Waals surface area contributed by atoms with Gasteiger partial charge in [0, 0.05) is 0 Å². The van der Waals surface area contributed by atoms with E-state index in [1.165, 1.54) is 44.9 Å². The van der Waals surface area contributed by atoms with Crippen molar-refractivity contribution in [3.05, 3.63) is 34.4 Å². The van der Waals surface area contributed by atoms with Crippen molar-refractivity contribution in [1.29, 1.82) is 0 Å². The first-order chi connectivity index (χ1) is 11.1. The van der Waals surface area contributed by atoms with Crippen molar-refractivity contribution in [2.24, 2.45) is 17.3 Å². The maximum atomic E-state index is 2.47. The highest BCUT2D eigenvalue weighted by atomic mass is 14.6. The van der Waals surface area contributed by atoms with Gasteiger partial charge in [-0.25, -0.2) is 0 Å². The maximum absolute atomic E-state index is 2.47. The fraction of sp³-hybridized carbons (Fsp3) is 0.750. The van der Waals surface area contributed by atoms with Crippen molar-refractivity contribution in [3.8, 4) is 0 Å². The monoisotopic (exact) mass is 324 g/mol. The van der Waals surface area contributed by atoms with E-state index in [4.69, 9.17) is 0 Å². The molecule has 2 fully saturated rings. The van der Waals surface area contributed by atoms with Crippen LogP contribution in [-0.4, -0.2) is 0 Å². The average molecular weight is 325 g/mol.